The summed E-state index contributed by atoms with van der Waals surface area (Å²) in [5.41, 5.74) is -0.492. The Morgan fingerprint density at radius 3 is 1.86 bits per heavy atom. The Morgan fingerprint density at radius 2 is 1.32 bits per heavy atom. The van der Waals surface area contributed by atoms with E-state index in [-0.39, 0.29) is 6.61 Å². The molecule has 2 aromatic carbocycles. The molecule has 0 heterocycles. The number of hydrogen-bond acceptors (Lipinski definition) is 2. The molecule has 116 valence electrons. The molecule has 2 rings (SSSR count). The van der Waals surface area contributed by atoms with Crippen LogP contribution in [0.25, 0.3) is 0 Å². The van der Waals surface area contributed by atoms with Gasteiger partial charge in [-0.3, -0.25) is 0 Å². The number of hydrogen-bond donors (Lipinski definition) is 0. The highest BCUT2D eigenvalue weighted by molar-refractivity contribution is 7.38. The average Bonchev–Trinajstić information content (AvgIpc) is 2.54. The van der Waals surface area contributed by atoms with Gasteiger partial charge in [0.2, 0.25) is 12.0 Å². The number of benzene rings is 2. The van der Waals surface area contributed by atoms with Gasteiger partial charge in [0.05, 0.1) is 5.56 Å². The van der Waals surface area contributed by atoms with Crippen molar-refractivity contribution in [2.75, 3.05) is 0 Å². The first-order chi connectivity index (χ1) is 10.4. The van der Waals surface area contributed by atoms with E-state index in [1.54, 1.807) is 30.3 Å². The molecule has 1 atom stereocenters. The van der Waals surface area contributed by atoms with Crippen molar-refractivity contribution in [2.45, 2.75) is 12.8 Å². The minimum Gasteiger partial charge on any atom is -0.203 e. The van der Waals surface area contributed by atoms with Gasteiger partial charge >= 0.3 is 8.03 Å². The standard InChI is InChI=1S/C14H9F5O2P/c15-10-9(11(16)13(18)14(19)12(10)17)7-22(20)21-6-8-4-2-1-3-5-8/h1-5H,6-7H2/q+1. The first-order valence-corrected chi connectivity index (χ1v) is 7.40. The monoisotopic (exact) mass is 335 g/mol. The van der Waals surface area contributed by atoms with Gasteiger partial charge in [0, 0.05) is 0 Å². The van der Waals surface area contributed by atoms with Crippen LogP contribution in [-0.4, -0.2) is 0 Å². The third kappa shape index (κ3) is 3.48. The van der Waals surface area contributed by atoms with Crippen molar-refractivity contribution in [1.82, 2.24) is 0 Å². The number of rotatable bonds is 5. The molecule has 0 bridgehead atoms. The minimum atomic E-state index is -2.63. The number of halogens is 5. The Morgan fingerprint density at radius 1 is 0.818 bits per heavy atom. The summed E-state index contributed by atoms with van der Waals surface area (Å²) >= 11 is 0. The van der Waals surface area contributed by atoms with Gasteiger partial charge in [-0.1, -0.05) is 30.3 Å². The smallest absolute Gasteiger partial charge is 0.203 e. The van der Waals surface area contributed by atoms with Crippen molar-refractivity contribution >= 4 is 8.03 Å². The fourth-order valence-corrected chi connectivity index (χ4v) is 2.60. The Labute approximate surface area is 123 Å². The van der Waals surface area contributed by atoms with E-state index in [1.165, 1.54) is 0 Å². The summed E-state index contributed by atoms with van der Waals surface area (Å²) in [5.74, 6) is -10.4. The van der Waals surface area contributed by atoms with Gasteiger partial charge in [-0.15, -0.1) is 4.52 Å². The van der Waals surface area contributed by atoms with Crippen LogP contribution in [0.3, 0.4) is 0 Å². The first-order valence-electron chi connectivity index (χ1n) is 6.03. The highest BCUT2D eigenvalue weighted by Gasteiger charge is 2.31. The second-order valence-corrected chi connectivity index (χ2v) is 5.54. The lowest BCUT2D eigenvalue weighted by atomic mass is 10.2. The molecule has 22 heavy (non-hydrogen) atoms. The predicted octanol–water partition coefficient (Wildman–Crippen LogP) is 4.84. The van der Waals surface area contributed by atoms with Crippen molar-refractivity contribution in [3.05, 3.63) is 70.5 Å². The molecule has 0 aliphatic rings. The molecule has 0 aromatic heterocycles. The molecule has 0 saturated heterocycles. The molecule has 0 N–H and O–H groups in total. The van der Waals surface area contributed by atoms with Gasteiger partial charge in [-0.25, -0.2) is 22.0 Å². The Hall–Kier alpha value is -1.85. The zero-order chi connectivity index (χ0) is 16.3. The lowest BCUT2D eigenvalue weighted by Crippen LogP contribution is -2.06. The molecule has 0 spiro atoms. The molecule has 2 nitrogen and oxygen atoms in total. The largest absolute Gasteiger partial charge is 0.513 e. The van der Waals surface area contributed by atoms with E-state index in [9.17, 15) is 26.5 Å². The summed E-state index contributed by atoms with van der Waals surface area (Å²) in [6.45, 7) is -0.106. The van der Waals surface area contributed by atoms with Gasteiger partial charge in [0.15, 0.2) is 23.3 Å². The average molecular weight is 335 g/mol. The van der Waals surface area contributed by atoms with E-state index in [1.807, 2.05) is 0 Å². The van der Waals surface area contributed by atoms with E-state index in [0.717, 1.165) is 0 Å². The third-order valence-corrected chi connectivity index (χ3v) is 3.80. The lowest BCUT2D eigenvalue weighted by Gasteiger charge is -2.03. The molecule has 0 amide bonds. The molecule has 0 saturated carbocycles. The zero-order valence-corrected chi connectivity index (χ0v) is 11.8. The summed E-state index contributed by atoms with van der Waals surface area (Å²) in [4.78, 5) is 0. The molecular weight excluding hydrogens is 326 g/mol. The maximum atomic E-state index is 13.4. The summed E-state index contributed by atoms with van der Waals surface area (Å²) in [7, 11) is -2.63. The topological polar surface area (TPSA) is 26.3 Å². The van der Waals surface area contributed by atoms with Gasteiger partial charge in [0.25, 0.3) is 0 Å². The van der Waals surface area contributed by atoms with Crippen molar-refractivity contribution < 1.29 is 31.0 Å². The molecule has 0 radical (unpaired) electrons. The van der Waals surface area contributed by atoms with E-state index in [0.29, 0.717) is 5.56 Å². The van der Waals surface area contributed by atoms with Crippen LogP contribution < -0.4 is 0 Å². The van der Waals surface area contributed by atoms with Crippen LogP contribution >= 0.6 is 8.03 Å². The van der Waals surface area contributed by atoms with Crippen LogP contribution in [0.15, 0.2) is 30.3 Å². The second kappa shape index (κ2) is 6.94. The van der Waals surface area contributed by atoms with E-state index >= 15 is 0 Å². The molecular formula is C14H9F5O2P+. The van der Waals surface area contributed by atoms with Crippen LogP contribution in [0.2, 0.25) is 0 Å². The van der Waals surface area contributed by atoms with Gasteiger partial charge in [-0.05, 0) is 10.1 Å². The van der Waals surface area contributed by atoms with E-state index in [4.69, 9.17) is 4.52 Å². The van der Waals surface area contributed by atoms with E-state index < -0.39 is 48.8 Å². The summed E-state index contributed by atoms with van der Waals surface area (Å²) in [6, 6.07) is 8.49. The summed E-state index contributed by atoms with van der Waals surface area (Å²) in [5, 5.41) is 0. The highest BCUT2D eigenvalue weighted by atomic mass is 31.1. The Kier molecular flexibility index (Phi) is 5.21. The zero-order valence-electron chi connectivity index (χ0n) is 11.0. The van der Waals surface area contributed by atoms with E-state index in [2.05, 4.69) is 0 Å². The summed E-state index contributed by atoms with van der Waals surface area (Å²) in [6.07, 6.45) is -0.909. The lowest BCUT2D eigenvalue weighted by molar-refractivity contribution is 0.316. The van der Waals surface area contributed by atoms with Gasteiger partial charge in [-0.2, -0.15) is 0 Å². The predicted molar refractivity (Wildman–Crippen MR) is 68.8 cm³/mol. The van der Waals surface area contributed by atoms with Gasteiger partial charge in [0.1, 0.15) is 6.61 Å². The van der Waals surface area contributed by atoms with Crippen LogP contribution in [0.5, 0.6) is 0 Å². The molecule has 2 aromatic rings. The molecule has 8 heteroatoms. The molecule has 0 aliphatic heterocycles. The minimum absolute atomic E-state index is 0.106. The Balaban J connectivity index is 2.12. The fourth-order valence-electron chi connectivity index (χ4n) is 1.68. The molecule has 1 unspecified atom stereocenters. The van der Waals surface area contributed by atoms with Crippen molar-refractivity contribution in [2.24, 2.45) is 0 Å². The van der Waals surface area contributed by atoms with Crippen LogP contribution in [-0.2, 0) is 21.9 Å². The summed E-state index contributed by atoms with van der Waals surface area (Å²) < 4.78 is 82.3. The van der Waals surface area contributed by atoms with Crippen molar-refractivity contribution in [3.63, 3.8) is 0 Å². The molecule has 0 fully saturated rings. The first kappa shape index (κ1) is 16.5. The second-order valence-electron chi connectivity index (χ2n) is 4.30. The van der Waals surface area contributed by atoms with Crippen LogP contribution in [0, 0.1) is 29.1 Å². The van der Waals surface area contributed by atoms with Crippen LogP contribution in [0.1, 0.15) is 11.1 Å². The highest BCUT2D eigenvalue weighted by Crippen LogP contribution is 2.34. The fraction of sp³-hybridized carbons (Fsp3) is 0.143. The van der Waals surface area contributed by atoms with Crippen LogP contribution in [0.4, 0.5) is 22.0 Å². The maximum absolute atomic E-state index is 13.4. The quantitative estimate of drug-likeness (QED) is 0.338. The Bertz CT molecular complexity index is 677. The van der Waals surface area contributed by atoms with Gasteiger partial charge < -0.3 is 0 Å². The van der Waals surface area contributed by atoms with Crippen molar-refractivity contribution in [1.29, 1.82) is 0 Å². The normalized spacial score (nSPS) is 11.6. The van der Waals surface area contributed by atoms with Crippen molar-refractivity contribution in [3.8, 4) is 0 Å². The maximum Gasteiger partial charge on any atom is 0.513 e. The SMILES string of the molecule is O=[P+](Cc1c(F)c(F)c(F)c(F)c1F)OCc1ccccc1. The third-order valence-electron chi connectivity index (χ3n) is 2.81. The molecule has 0 aliphatic carbocycles.